The Balaban J connectivity index is 1.64. The number of piperidine rings is 1. The van der Waals surface area contributed by atoms with Crippen molar-refractivity contribution in [1.29, 1.82) is 0 Å². The van der Waals surface area contributed by atoms with Gasteiger partial charge in [-0.2, -0.15) is 0 Å². The van der Waals surface area contributed by atoms with E-state index in [1.165, 1.54) is 0 Å². The molecule has 1 aliphatic heterocycles. The van der Waals surface area contributed by atoms with Crippen molar-refractivity contribution in [3.8, 4) is 5.13 Å². The summed E-state index contributed by atoms with van der Waals surface area (Å²) in [5, 5.41) is 13.7. The first-order chi connectivity index (χ1) is 12.5. The highest BCUT2D eigenvalue weighted by Gasteiger charge is 2.27. The molecule has 26 heavy (non-hydrogen) atoms. The van der Waals surface area contributed by atoms with E-state index in [0.717, 1.165) is 60.5 Å². The zero-order chi connectivity index (χ0) is 18.7. The van der Waals surface area contributed by atoms with Crippen LogP contribution in [0.5, 0.6) is 0 Å². The lowest BCUT2D eigenvalue weighted by atomic mass is 9.97. The van der Waals surface area contributed by atoms with Crippen LogP contribution in [0.3, 0.4) is 0 Å². The molecule has 1 saturated heterocycles. The summed E-state index contributed by atoms with van der Waals surface area (Å²) in [6.45, 7) is 10.9. The van der Waals surface area contributed by atoms with Crippen LogP contribution < -0.4 is 10.2 Å². The number of carbonyl (C=O) groups is 1. The maximum atomic E-state index is 12.5. The Hall–Kier alpha value is -1.89. The molecule has 2 aromatic heterocycles. The summed E-state index contributed by atoms with van der Waals surface area (Å²) >= 11 is 1.60. The van der Waals surface area contributed by atoms with Gasteiger partial charge in [-0.15, -0.1) is 10.2 Å². The fraction of sp³-hybridized carbons (Fsp3) is 0.632. The van der Waals surface area contributed by atoms with Crippen molar-refractivity contribution in [3.05, 3.63) is 23.5 Å². The summed E-state index contributed by atoms with van der Waals surface area (Å²) in [5.74, 6) is 0.828. The van der Waals surface area contributed by atoms with Crippen LogP contribution in [0.25, 0.3) is 5.13 Å². The smallest absolute Gasteiger partial charge is 0.224 e. The lowest BCUT2D eigenvalue weighted by Gasteiger charge is -2.31. The molecule has 0 saturated carbocycles. The molecular weight excluding hydrogens is 346 g/mol. The van der Waals surface area contributed by atoms with E-state index < -0.39 is 0 Å². The van der Waals surface area contributed by atoms with Gasteiger partial charge in [0.25, 0.3) is 0 Å². The Labute approximate surface area is 159 Å². The van der Waals surface area contributed by atoms with Gasteiger partial charge < -0.3 is 10.2 Å². The minimum absolute atomic E-state index is 0.0401. The zero-order valence-electron chi connectivity index (χ0n) is 16.2. The second-order valence-corrected chi connectivity index (χ2v) is 8.51. The van der Waals surface area contributed by atoms with Crippen molar-refractivity contribution >= 4 is 22.4 Å². The van der Waals surface area contributed by atoms with Crippen LogP contribution in [0.1, 0.15) is 44.5 Å². The number of carbonyl (C=O) groups excluding carboxylic acids is 1. The van der Waals surface area contributed by atoms with Crippen molar-refractivity contribution in [2.24, 2.45) is 11.8 Å². The first-order valence-corrected chi connectivity index (χ1v) is 10.3. The predicted octanol–water partition coefficient (Wildman–Crippen LogP) is 3.32. The highest BCUT2D eigenvalue weighted by Crippen LogP contribution is 2.29. The maximum Gasteiger partial charge on any atom is 0.224 e. The van der Waals surface area contributed by atoms with Gasteiger partial charge in [-0.1, -0.05) is 25.2 Å². The molecule has 1 atom stereocenters. The van der Waals surface area contributed by atoms with E-state index in [1.807, 2.05) is 0 Å². The summed E-state index contributed by atoms with van der Waals surface area (Å²) in [4.78, 5) is 14.7. The van der Waals surface area contributed by atoms with Crippen LogP contribution in [0.2, 0.25) is 0 Å². The highest BCUT2D eigenvalue weighted by atomic mass is 32.1. The molecule has 1 amide bonds. The number of amides is 1. The number of aromatic nitrogens is 3. The lowest BCUT2D eigenvalue weighted by Crippen LogP contribution is -2.43. The summed E-state index contributed by atoms with van der Waals surface area (Å²) < 4.78 is 2.13. The molecule has 0 radical (unpaired) electrons. The van der Waals surface area contributed by atoms with Gasteiger partial charge in [0, 0.05) is 31.0 Å². The van der Waals surface area contributed by atoms with E-state index in [0.29, 0.717) is 5.92 Å². The number of nitrogens with one attached hydrogen (secondary N) is 1. The van der Waals surface area contributed by atoms with Crippen LogP contribution in [0, 0.1) is 25.7 Å². The minimum atomic E-state index is 0.0401. The Kier molecular flexibility index (Phi) is 5.96. The van der Waals surface area contributed by atoms with E-state index in [4.69, 9.17) is 0 Å². The van der Waals surface area contributed by atoms with E-state index in [2.05, 4.69) is 64.8 Å². The van der Waals surface area contributed by atoms with Crippen LogP contribution >= 0.6 is 11.3 Å². The first kappa shape index (κ1) is 18.9. The average molecular weight is 376 g/mol. The number of anilines is 1. The molecule has 3 rings (SSSR count). The second-order valence-electron chi connectivity index (χ2n) is 7.58. The molecular formula is C19H29N5OS. The molecule has 142 valence electrons. The first-order valence-electron chi connectivity index (χ1n) is 9.47. The third-order valence-corrected chi connectivity index (χ3v) is 5.92. The number of nitrogens with zero attached hydrogens (tertiary/aromatic N) is 4. The number of aryl methyl sites for hydroxylation is 2. The standard InChI is InChI=1S/C19H29N5OS/c1-13(2)9-10-20-17(25)16-6-5-11-23(12-16)18-21-22-19(26-18)24-14(3)7-8-15(24)4/h7-8,13,16H,5-6,9-12H2,1-4H3,(H,20,25)/t16-/m0/s1. The van der Waals surface area contributed by atoms with Gasteiger partial charge in [0.15, 0.2) is 0 Å². The molecule has 0 aliphatic carbocycles. The molecule has 0 bridgehead atoms. The van der Waals surface area contributed by atoms with Gasteiger partial charge in [0.1, 0.15) is 0 Å². The molecule has 0 spiro atoms. The Morgan fingerprint density at radius 1 is 1.27 bits per heavy atom. The second kappa shape index (κ2) is 8.20. The Bertz CT molecular complexity index is 731. The van der Waals surface area contributed by atoms with Crippen LogP contribution in [0.15, 0.2) is 12.1 Å². The highest BCUT2D eigenvalue weighted by molar-refractivity contribution is 7.17. The summed E-state index contributed by atoms with van der Waals surface area (Å²) in [5.41, 5.74) is 2.32. The monoisotopic (exact) mass is 375 g/mol. The molecule has 3 heterocycles. The summed E-state index contributed by atoms with van der Waals surface area (Å²) in [6, 6.07) is 4.18. The third kappa shape index (κ3) is 4.26. The SMILES string of the molecule is Cc1ccc(C)n1-c1nnc(N2CCC[C@H](C(=O)NCCC(C)C)C2)s1. The topological polar surface area (TPSA) is 63.1 Å². The average Bonchev–Trinajstić information content (AvgIpc) is 3.21. The molecule has 7 heteroatoms. The van der Waals surface area contributed by atoms with E-state index in [1.54, 1.807) is 11.3 Å². The van der Waals surface area contributed by atoms with Crippen molar-refractivity contribution in [3.63, 3.8) is 0 Å². The summed E-state index contributed by atoms with van der Waals surface area (Å²) in [7, 11) is 0. The normalized spacial score (nSPS) is 17.7. The van der Waals surface area contributed by atoms with Crippen molar-refractivity contribution in [2.75, 3.05) is 24.5 Å². The molecule has 2 aromatic rings. The van der Waals surface area contributed by atoms with Gasteiger partial charge in [-0.3, -0.25) is 9.36 Å². The number of hydrogen-bond donors (Lipinski definition) is 1. The summed E-state index contributed by atoms with van der Waals surface area (Å²) in [6.07, 6.45) is 2.99. The quantitative estimate of drug-likeness (QED) is 0.841. The molecule has 1 aliphatic rings. The fourth-order valence-corrected chi connectivity index (χ4v) is 4.39. The van der Waals surface area contributed by atoms with E-state index >= 15 is 0 Å². The van der Waals surface area contributed by atoms with E-state index in [-0.39, 0.29) is 11.8 Å². The lowest BCUT2D eigenvalue weighted by molar-refractivity contribution is -0.125. The van der Waals surface area contributed by atoms with Gasteiger partial charge in [0.2, 0.25) is 16.2 Å². The van der Waals surface area contributed by atoms with Crippen LogP contribution in [-0.4, -0.2) is 40.3 Å². The van der Waals surface area contributed by atoms with Gasteiger partial charge >= 0.3 is 0 Å². The van der Waals surface area contributed by atoms with Crippen molar-refractivity contribution in [1.82, 2.24) is 20.1 Å². The van der Waals surface area contributed by atoms with Gasteiger partial charge in [-0.25, -0.2) is 0 Å². The largest absolute Gasteiger partial charge is 0.356 e. The van der Waals surface area contributed by atoms with Crippen LogP contribution in [0.4, 0.5) is 5.13 Å². The Morgan fingerprint density at radius 2 is 1.96 bits per heavy atom. The molecule has 0 unspecified atom stereocenters. The minimum Gasteiger partial charge on any atom is -0.356 e. The number of rotatable bonds is 6. The number of hydrogen-bond acceptors (Lipinski definition) is 5. The molecule has 6 nitrogen and oxygen atoms in total. The Morgan fingerprint density at radius 3 is 2.65 bits per heavy atom. The van der Waals surface area contributed by atoms with Crippen molar-refractivity contribution < 1.29 is 4.79 Å². The van der Waals surface area contributed by atoms with Gasteiger partial charge in [0.05, 0.1) is 5.92 Å². The predicted molar refractivity (Wildman–Crippen MR) is 106 cm³/mol. The fourth-order valence-electron chi connectivity index (χ4n) is 3.39. The molecule has 1 fully saturated rings. The van der Waals surface area contributed by atoms with Crippen molar-refractivity contribution in [2.45, 2.75) is 47.0 Å². The van der Waals surface area contributed by atoms with E-state index in [9.17, 15) is 4.79 Å². The molecule has 1 N–H and O–H groups in total. The zero-order valence-corrected chi connectivity index (χ0v) is 17.0. The van der Waals surface area contributed by atoms with Crippen LogP contribution in [-0.2, 0) is 4.79 Å². The molecule has 0 aromatic carbocycles. The third-order valence-electron chi connectivity index (χ3n) is 4.95. The maximum absolute atomic E-state index is 12.5. The van der Waals surface area contributed by atoms with Gasteiger partial charge in [-0.05, 0) is 51.2 Å².